The zero-order chi connectivity index (χ0) is 15.7. The monoisotopic (exact) mass is 295 g/mol. The van der Waals surface area contributed by atoms with Gasteiger partial charge in [-0.05, 0) is 48.1 Å². The Morgan fingerprint density at radius 1 is 1.23 bits per heavy atom. The number of fused-ring (bicyclic) bond motifs is 1. The van der Waals surface area contributed by atoms with Gasteiger partial charge in [0.2, 0.25) is 0 Å². The number of nitrogens with one attached hydrogen (secondary N) is 2. The molecular formula is C16H17N5O. The predicted octanol–water partition coefficient (Wildman–Crippen LogP) is 2.13. The summed E-state index contributed by atoms with van der Waals surface area (Å²) in [6.45, 7) is 4.70. The molecule has 1 aromatic carbocycles. The maximum Gasteiger partial charge on any atom is 0.252 e. The van der Waals surface area contributed by atoms with E-state index in [0.29, 0.717) is 18.2 Å². The average molecular weight is 295 g/mol. The van der Waals surface area contributed by atoms with Gasteiger partial charge >= 0.3 is 0 Å². The molecular weight excluding hydrogens is 278 g/mol. The third-order valence-electron chi connectivity index (χ3n) is 3.84. The smallest absolute Gasteiger partial charge is 0.252 e. The van der Waals surface area contributed by atoms with Gasteiger partial charge in [0, 0.05) is 24.2 Å². The number of H-pyrrole nitrogens is 1. The number of aromatic amines is 1. The van der Waals surface area contributed by atoms with Gasteiger partial charge in [-0.15, -0.1) is 0 Å². The Morgan fingerprint density at radius 2 is 2.05 bits per heavy atom. The third kappa shape index (κ3) is 2.50. The summed E-state index contributed by atoms with van der Waals surface area (Å²) in [6, 6.07) is 5.45. The number of nitrogens with two attached hydrogens (primary N) is 1. The molecule has 6 nitrogen and oxygen atoms in total. The van der Waals surface area contributed by atoms with E-state index in [0.717, 1.165) is 21.9 Å². The van der Waals surface area contributed by atoms with Crippen LogP contribution in [0.1, 0.15) is 16.7 Å². The van der Waals surface area contributed by atoms with Crippen LogP contribution >= 0.6 is 0 Å². The summed E-state index contributed by atoms with van der Waals surface area (Å²) in [6.07, 6.45) is 3.10. The number of hydrogen-bond donors (Lipinski definition) is 3. The number of aromatic nitrogens is 3. The molecule has 0 unspecified atom stereocenters. The Bertz CT molecular complexity index is 901. The number of anilines is 2. The summed E-state index contributed by atoms with van der Waals surface area (Å²) < 4.78 is 0. The van der Waals surface area contributed by atoms with E-state index in [-0.39, 0.29) is 5.56 Å². The number of pyridine rings is 1. The number of aryl methyl sites for hydroxylation is 2. The molecule has 3 aromatic rings. The molecule has 3 rings (SSSR count). The Kier molecular flexibility index (Phi) is 3.50. The minimum absolute atomic E-state index is 0.177. The normalized spacial score (nSPS) is 10.8. The van der Waals surface area contributed by atoms with Crippen molar-refractivity contribution in [1.29, 1.82) is 0 Å². The number of hydrogen-bond acceptors (Lipinski definition) is 5. The lowest BCUT2D eigenvalue weighted by Gasteiger charge is -2.15. The molecule has 2 heterocycles. The molecule has 0 atom stereocenters. The van der Waals surface area contributed by atoms with Gasteiger partial charge in [-0.2, -0.15) is 0 Å². The van der Waals surface area contributed by atoms with Crippen LogP contribution in [0.3, 0.4) is 0 Å². The fourth-order valence-electron chi connectivity index (χ4n) is 2.65. The van der Waals surface area contributed by atoms with E-state index < -0.39 is 0 Å². The molecule has 0 fully saturated rings. The minimum Gasteiger partial charge on any atom is -0.383 e. The van der Waals surface area contributed by atoms with Crippen molar-refractivity contribution in [2.75, 3.05) is 11.1 Å². The predicted molar refractivity (Wildman–Crippen MR) is 87.8 cm³/mol. The largest absolute Gasteiger partial charge is 0.383 e. The average Bonchev–Trinajstić information content (AvgIpc) is 2.48. The first kappa shape index (κ1) is 14.1. The van der Waals surface area contributed by atoms with E-state index in [1.54, 1.807) is 6.20 Å². The summed E-state index contributed by atoms with van der Waals surface area (Å²) in [5.41, 5.74) is 9.22. The summed E-state index contributed by atoms with van der Waals surface area (Å²) in [5, 5.41) is 5.24. The van der Waals surface area contributed by atoms with Gasteiger partial charge in [0.15, 0.2) is 0 Å². The molecule has 0 radical (unpaired) electrons. The molecule has 0 bridgehead atoms. The summed E-state index contributed by atoms with van der Waals surface area (Å²) in [4.78, 5) is 22.0. The van der Waals surface area contributed by atoms with E-state index in [2.05, 4.69) is 27.2 Å². The van der Waals surface area contributed by atoms with Crippen molar-refractivity contribution in [3.8, 4) is 0 Å². The molecule has 4 N–H and O–H groups in total. The van der Waals surface area contributed by atoms with Crippen LogP contribution in [0.2, 0.25) is 0 Å². The highest BCUT2D eigenvalue weighted by molar-refractivity contribution is 5.94. The second-order valence-electron chi connectivity index (χ2n) is 5.24. The first-order valence-corrected chi connectivity index (χ1v) is 6.98. The molecule has 0 aliphatic rings. The standard InChI is InChI=1S/C16H17N5O/c1-9-5-12-11(3-4-18-16(12)17)10(2)13(9)7-19-14-6-15(22)21-8-20-14/h3-6,8H,7H2,1-2H3,(H2,17,18)(H2,19,20,21,22). The van der Waals surface area contributed by atoms with Gasteiger partial charge in [0.05, 0.1) is 6.33 Å². The highest BCUT2D eigenvalue weighted by Gasteiger charge is 2.10. The molecule has 112 valence electrons. The summed E-state index contributed by atoms with van der Waals surface area (Å²) >= 11 is 0. The van der Waals surface area contributed by atoms with Crippen LogP contribution in [0.5, 0.6) is 0 Å². The quantitative estimate of drug-likeness (QED) is 0.688. The van der Waals surface area contributed by atoms with Crippen molar-refractivity contribution in [2.24, 2.45) is 0 Å². The zero-order valence-corrected chi connectivity index (χ0v) is 12.5. The number of benzene rings is 1. The molecule has 2 aromatic heterocycles. The molecule has 0 aliphatic heterocycles. The third-order valence-corrected chi connectivity index (χ3v) is 3.84. The first-order valence-electron chi connectivity index (χ1n) is 6.98. The van der Waals surface area contributed by atoms with Crippen LogP contribution in [0, 0.1) is 13.8 Å². The fourth-order valence-corrected chi connectivity index (χ4v) is 2.65. The van der Waals surface area contributed by atoms with Gasteiger partial charge in [-0.3, -0.25) is 4.79 Å². The fraction of sp³-hybridized carbons (Fsp3) is 0.188. The number of rotatable bonds is 3. The maximum atomic E-state index is 11.3. The van der Waals surface area contributed by atoms with Crippen molar-refractivity contribution in [3.63, 3.8) is 0 Å². The Labute approximate surface area is 127 Å². The second kappa shape index (κ2) is 5.48. The molecule has 0 saturated carbocycles. The molecule has 0 aliphatic carbocycles. The van der Waals surface area contributed by atoms with Crippen LogP contribution < -0.4 is 16.6 Å². The highest BCUT2D eigenvalue weighted by atomic mass is 16.1. The van der Waals surface area contributed by atoms with E-state index in [1.807, 2.05) is 19.1 Å². The maximum absolute atomic E-state index is 11.3. The van der Waals surface area contributed by atoms with Crippen molar-refractivity contribution in [3.05, 3.63) is 57.8 Å². The van der Waals surface area contributed by atoms with Crippen LogP contribution in [-0.2, 0) is 6.54 Å². The first-order chi connectivity index (χ1) is 10.6. The lowest BCUT2D eigenvalue weighted by molar-refractivity contribution is 1.04. The van der Waals surface area contributed by atoms with Gasteiger partial charge in [-0.1, -0.05) is 0 Å². The van der Waals surface area contributed by atoms with Gasteiger partial charge < -0.3 is 16.0 Å². The Balaban J connectivity index is 1.99. The lowest BCUT2D eigenvalue weighted by Crippen LogP contribution is -2.10. The van der Waals surface area contributed by atoms with Crippen LogP contribution in [0.4, 0.5) is 11.6 Å². The topological polar surface area (TPSA) is 96.7 Å². The summed E-state index contributed by atoms with van der Waals surface area (Å²) in [7, 11) is 0. The number of nitrogen functional groups attached to an aromatic ring is 1. The highest BCUT2D eigenvalue weighted by Crippen LogP contribution is 2.28. The van der Waals surface area contributed by atoms with Crippen molar-refractivity contribution in [2.45, 2.75) is 20.4 Å². The molecule has 0 saturated heterocycles. The van der Waals surface area contributed by atoms with Gasteiger partial charge in [0.25, 0.3) is 5.56 Å². The summed E-state index contributed by atoms with van der Waals surface area (Å²) in [5.74, 6) is 1.09. The Hall–Kier alpha value is -2.89. The van der Waals surface area contributed by atoms with Gasteiger partial charge in [0.1, 0.15) is 11.6 Å². The van der Waals surface area contributed by atoms with E-state index in [4.69, 9.17) is 5.73 Å². The van der Waals surface area contributed by atoms with Crippen molar-refractivity contribution >= 4 is 22.4 Å². The molecule has 6 heteroatoms. The SMILES string of the molecule is Cc1cc2c(N)nccc2c(C)c1CNc1cc(=O)[nH]cn1. The van der Waals surface area contributed by atoms with Crippen LogP contribution in [0.15, 0.2) is 35.5 Å². The second-order valence-corrected chi connectivity index (χ2v) is 5.24. The molecule has 0 spiro atoms. The van der Waals surface area contributed by atoms with Crippen molar-refractivity contribution < 1.29 is 0 Å². The van der Waals surface area contributed by atoms with E-state index in [1.165, 1.54) is 18.0 Å². The molecule has 0 amide bonds. The van der Waals surface area contributed by atoms with E-state index in [9.17, 15) is 4.79 Å². The van der Waals surface area contributed by atoms with Crippen LogP contribution in [0.25, 0.3) is 10.8 Å². The number of nitrogens with zero attached hydrogens (tertiary/aromatic N) is 2. The lowest BCUT2D eigenvalue weighted by atomic mass is 9.96. The van der Waals surface area contributed by atoms with Gasteiger partial charge in [-0.25, -0.2) is 9.97 Å². The zero-order valence-electron chi connectivity index (χ0n) is 12.5. The van der Waals surface area contributed by atoms with Crippen molar-refractivity contribution in [1.82, 2.24) is 15.0 Å². The minimum atomic E-state index is -0.177. The molecule has 22 heavy (non-hydrogen) atoms. The van der Waals surface area contributed by atoms with Crippen LogP contribution in [-0.4, -0.2) is 15.0 Å². The Morgan fingerprint density at radius 3 is 2.82 bits per heavy atom. The van der Waals surface area contributed by atoms with E-state index >= 15 is 0 Å².